The number of hydrogen-bond acceptors (Lipinski definition) is 3. The van der Waals surface area contributed by atoms with E-state index in [4.69, 9.17) is 4.74 Å². The molecule has 31 heavy (non-hydrogen) atoms. The van der Waals surface area contributed by atoms with Crippen LogP contribution in [0.15, 0.2) is 48.7 Å². The maximum Gasteiger partial charge on any atom is 0.309 e. The zero-order chi connectivity index (χ0) is 21.5. The summed E-state index contributed by atoms with van der Waals surface area (Å²) in [6, 6.07) is 10.6. The second kappa shape index (κ2) is 8.22. The molecule has 2 aliphatic carbocycles. The third-order valence-electron chi connectivity index (χ3n) is 7.93. The quantitative estimate of drug-likeness (QED) is 0.560. The van der Waals surface area contributed by atoms with Crippen LogP contribution in [0, 0.1) is 41.3 Å². The molecular weight excluding hydrogens is 389 g/mol. The van der Waals surface area contributed by atoms with Gasteiger partial charge in [-0.1, -0.05) is 50.5 Å². The number of esters is 1. The Labute approximate surface area is 183 Å². The smallest absolute Gasteiger partial charge is 0.309 e. The molecule has 3 fully saturated rings. The first-order valence-electron chi connectivity index (χ1n) is 11.6. The van der Waals surface area contributed by atoms with Gasteiger partial charge in [-0.05, 0) is 66.9 Å². The molecule has 7 atom stereocenters. The summed E-state index contributed by atoms with van der Waals surface area (Å²) >= 11 is 0. The summed E-state index contributed by atoms with van der Waals surface area (Å²) in [5.41, 5.74) is 2.62. The number of carbonyl (C=O) groups is 1. The standard InChI is InChI=1S/C27H30FNO2/c1-16-5-3-7-19-14-24-26(17(2)31-27(24)30)23(25(16)19)12-11-22-10-9-20(15-29-22)18-6-4-8-21(28)13-18/h4,6,8-13,15-17,19,23-26H,3,5,7,14H2,1-2H3/b12-11+/t16?,17?,19-,23-,24+,25?,26-/m0/s1. The number of aromatic nitrogens is 1. The summed E-state index contributed by atoms with van der Waals surface area (Å²) in [5.74, 6) is 2.29. The molecule has 2 aromatic rings. The van der Waals surface area contributed by atoms with Gasteiger partial charge in [0.1, 0.15) is 11.9 Å². The zero-order valence-corrected chi connectivity index (χ0v) is 18.2. The number of benzene rings is 1. The van der Waals surface area contributed by atoms with Gasteiger partial charge in [-0.25, -0.2) is 4.39 Å². The first kappa shape index (κ1) is 20.4. The maximum atomic E-state index is 13.5. The Balaban J connectivity index is 1.41. The van der Waals surface area contributed by atoms with Crippen molar-refractivity contribution in [3.8, 4) is 11.1 Å². The molecule has 1 aliphatic heterocycles. The van der Waals surface area contributed by atoms with Crippen LogP contribution in [-0.4, -0.2) is 17.1 Å². The fourth-order valence-electron chi connectivity index (χ4n) is 6.58. The Morgan fingerprint density at radius 2 is 1.97 bits per heavy atom. The van der Waals surface area contributed by atoms with E-state index in [0.717, 1.165) is 23.2 Å². The lowest BCUT2D eigenvalue weighted by Gasteiger charge is -2.48. The summed E-state index contributed by atoms with van der Waals surface area (Å²) in [4.78, 5) is 17.1. The van der Waals surface area contributed by atoms with Crippen LogP contribution in [0.2, 0.25) is 0 Å². The minimum atomic E-state index is -0.244. The number of hydrogen-bond donors (Lipinski definition) is 0. The molecule has 3 aliphatic rings. The lowest BCUT2D eigenvalue weighted by Crippen LogP contribution is -2.45. The minimum Gasteiger partial charge on any atom is -0.462 e. The minimum absolute atomic E-state index is 0.00477. The van der Waals surface area contributed by atoms with E-state index < -0.39 is 0 Å². The first-order valence-corrected chi connectivity index (χ1v) is 11.6. The Kier molecular flexibility index (Phi) is 5.41. The van der Waals surface area contributed by atoms with E-state index in [9.17, 15) is 9.18 Å². The normalized spacial score (nSPS) is 34.9. The van der Waals surface area contributed by atoms with Crippen LogP contribution in [0.1, 0.15) is 45.2 Å². The summed E-state index contributed by atoms with van der Waals surface area (Å²) in [6.07, 6.45) is 10.9. The van der Waals surface area contributed by atoms with Gasteiger partial charge in [-0.15, -0.1) is 0 Å². The fraction of sp³-hybridized carbons (Fsp3) is 0.481. The predicted molar refractivity (Wildman–Crippen MR) is 119 cm³/mol. The van der Waals surface area contributed by atoms with Crippen LogP contribution < -0.4 is 0 Å². The van der Waals surface area contributed by atoms with Crippen molar-refractivity contribution in [3.63, 3.8) is 0 Å². The van der Waals surface area contributed by atoms with Gasteiger partial charge in [-0.3, -0.25) is 9.78 Å². The molecule has 2 heterocycles. The molecule has 3 unspecified atom stereocenters. The van der Waals surface area contributed by atoms with E-state index in [1.165, 1.54) is 31.4 Å². The Hall–Kier alpha value is -2.49. The molecule has 162 valence electrons. The lowest BCUT2D eigenvalue weighted by atomic mass is 9.55. The maximum absolute atomic E-state index is 13.5. The number of halogens is 1. The van der Waals surface area contributed by atoms with Crippen LogP contribution in [0.4, 0.5) is 4.39 Å². The van der Waals surface area contributed by atoms with E-state index >= 15 is 0 Å². The van der Waals surface area contributed by atoms with Gasteiger partial charge in [-0.2, -0.15) is 0 Å². The number of carbonyl (C=O) groups excluding carboxylic acids is 1. The van der Waals surface area contributed by atoms with Gasteiger partial charge >= 0.3 is 5.97 Å². The molecule has 5 rings (SSSR count). The van der Waals surface area contributed by atoms with E-state index in [1.54, 1.807) is 12.3 Å². The van der Waals surface area contributed by atoms with Crippen molar-refractivity contribution in [1.82, 2.24) is 4.98 Å². The summed E-state index contributed by atoms with van der Waals surface area (Å²) in [6.45, 7) is 4.44. The number of cyclic esters (lactones) is 1. The molecule has 1 aromatic heterocycles. The lowest BCUT2D eigenvalue weighted by molar-refractivity contribution is -0.144. The highest BCUT2D eigenvalue weighted by Crippen LogP contribution is 2.55. The van der Waals surface area contributed by atoms with Crippen LogP contribution in [0.5, 0.6) is 0 Å². The van der Waals surface area contributed by atoms with E-state index in [-0.39, 0.29) is 29.7 Å². The SMILES string of the molecule is CC1CCC[C@H]2C[C@H]3C(=O)OC(C)[C@H]3[C@@H](/C=C/c3ccc(-c4cccc(F)c4)cn3)C12. The molecule has 0 spiro atoms. The van der Waals surface area contributed by atoms with Gasteiger partial charge in [0.05, 0.1) is 11.6 Å². The van der Waals surface area contributed by atoms with Crippen molar-refractivity contribution in [2.45, 2.75) is 45.6 Å². The Bertz CT molecular complexity index is 985. The predicted octanol–water partition coefficient (Wildman–Crippen LogP) is 6.15. The molecule has 0 amide bonds. The second-order valence-corrected chi connectivity index (χ2v) is 9.73. The van der Waals surface area contributed by atoms with E-state index in [1.807, 2.05) is 18.2 Å². The number of pyridine rings is 1. The van der Waals surface area contributed by atoms with Crippen molar-refractivity contribution in [2.24, 2.45) is 35.5 Å². The molecule has 4 heteroatoms. The van der Waals surface area contributed by atoms with Crippen LogP contribution in [0.3, 0.4) is 0 Å². The van der Waals surface area contributed by atoms with E-state index in [0.29, 0.717) is 23.7 Å². The van der Waals surface area contributed by atoms with Gasteiger partial charge in [0.2, 0.25) is 0 Å². The zero-order valence-electron chi connectivity index (χ0n) is 18.2. The third kappa shape index (κ3) is 3.81. The number of nitrogens with zero attached hydrogens (tertiary/aromatic N) is 1. The number of ether oxygens (including phenoxy) is 1. The third-order valence-corrected chi connectivity index (χ3v) is 7.93. The molecule has 0 bridgehead atoms. The molecular formula is C27H30FNO2. The summed E-state index contributed by atoms with van der Waals surface area (Å²) in [5, 5.41) is 0. The van der Waals surface area contributed by atoms with Crippen molar-refractivity contribution in [2.75, 3.05) is 0 Å². The fourth-order valence-corrected chi connectivity index (χ4v) is 6.58. The van der Waals surface area contributed by atoms with Crippen molar-refractivity contribution in [1.29, 1.82) is 0 Å². The number of rotatable bonds is 3. The van der Waals surface area contributed by atoms with Crippen molar-refractivity contribution < 1.29 is 13.9 Å². The monoisotopic (exact) mass is 419 g/mol. The summed E-state index contributed by atoms with van der Waals surface area (Å²) in [7, 11) is 0. The van der Waals surface area contributed by atoms with Crippen molar-refractivity contribution in [3.05, 3.63) is 60.2 Å². The van der Waals surface area contributed by atoms with Crippen LogP contribution in [0.25, 0.3) is 17.2 Å². The van der Waals surface area contributed by atoms with E-state index in [2.05, 4.69) is 31.0 Å². The highest BCUT2D eigenvalue weighted by molar-refractivity contribution is 5.75. The molecule has 0 radical (unpaired) electrons. The van der Waals surface area contributed by atoms with Crippen molar-refractivity contribution >= 4 is 12.0 Å². The molecule has 0 N–H and O–H groups in total. The molecule has 2 saturated carbocycles. The largest absolute Gasteiger partial charge is 0.462 e. The molecule has 3 nitrogen and oxygen atoms in total. The first-order chi connectivity index (χ1) is 15.0. The summed E-state index contributed by atoms with van der Waals surface area (Å²) < 4.78 is 19.2. The molecule has 1 aromatic carbocycles. The van der Waals surface area contributed by atoms with Gasteiger partial charge in [0, 0.05) is 17.7 Å². The number of fused-ring (bicyclic) bond motifs is 2. The van der Waals surface area contributed by atoms with Gasteiger partial charge in [0.15, 0.2) is 0 Å². The highest BCUT2D eigenvalue weighted by atomic mass is 19.1. The Morgan fingerprint density at radius 1 is 1.10 bits per heavy atom. The highest BCUT2D eigenvalue weighted by Gasteiger charge is 2.55. The average molecular weight is 420 g/mol. The molecule has 1 saturated heterocycles. The van der Waals surface area contributed by atoms with Gasteiger partial charge < -0.3 is 4.74 Å². The van der Waals surface area contributed by atoms with Crippen LogP contribution >= 0.6 is 0 Å². The van der Waals surface area contributed by atoms with Gasteiger partial charge in [0.25, 0.3) is 0 Å². The van der Waals surface area contributed by atoms with Crippen LogP contribution in [-0.2, 0) is 9.53 Å². The number of allylic oxidation sites excluding steroid dienone is 1. The second-order valence-electron chi connectivity index (χ2n) is 9.73. The Morgan fingerprint density at radius 3 is 2.74 bits per heavy atom. The average Bonchev–Trinajstić information content (AvgIpc) is 3.05. The topological polar surface area (TPSA) is 39.2 Å².